The molecule has 0 spiro atoms. The second-order valence-electron chi connectivity index (χ2n) is 6.34. The second kappa shape index (κ2) is 7.34. The van der Waals surface area contributed by atoms with E-state index in [0.717, 1.165) is 22.5 Å². The van der Waals surface area contributed by atoms with Gasteiger partial charge in [0.15, 0.2) is 4.90 Å². The molecule has 1 aliphatic heterocycles. The lowest BCUT2D eigenvalue weighted by Gasteiger charge is -2.30. The van der Waals surface area contributed by atoms with Gasteiger partial charge in [0, 0.05) is 13.1 Å². The molecule has 0 saturated carbocycles. The molecule has 0 bridgehead atoms. The molecule has 5 nitrogen and oxygen atoms in total. The topological polar surface area (TPSA) is 59.5 Å². The number of ether oxygens (including phenoxy) is 1. The van der Waals surface area contributed by atoms with Crippen LogP contribution in [0.1, 0.15) is 12.8 Å². The highest BCUT2D eigenvalue weighted by molar-refractivity contribution is 7.89. The summed E-state index contributed by atoms with van der Waals surface area (Å²) in [7, 11) is -4.28. The molecule has 0 aliphatic carbocycles. The molecule has 4 rings (SSSR count). The van der Waals surface area contributed by atoms with E-state index < -0.39 is 32.4 Å². The molecule has 10 heteroatoms. The number of hydrogen-bond acceptors (Lipinski definition) is 5. The average molecular weight is 428 g/mol. The van der Waals surface area contributed by atoms with Crippen molar-refractivity contribution in [2.75, 3.05) is 13.1 Å². The summed E-state index contributed by atoms with van der Waals surface area (Å²) in [6, 6.07) is 7.59. The molecule has 0 N–H and O–H groups in total. The summed E-state index contributed by atoms with van der Waals surface area (Å²) in [6.07, 6.45) is 0.335. The third-order valence-corrected chi connectivity index (χ3v) is 7.40. The van der Waals surface area contributed by atoms with E-state index in [0.29, 0.717) is 22.7 Å². The number of rotatable bonds is 4. The number of sulfonamides is 1. The smallest absolute Gasteiger partial charge is 0.274 e. The summed E-state index contributed by atoms with van der Waals surface area (Å²) in [5.74, 6) is -2.67. The van der Waals surface area contributed by atoms with Crippen LogP contribution in [0.5, 0.6) is 5.19 Å². The van der Waals surface area contributed by atoms with Crippen molar-refractivity contribution in [2.45, 2.75) is 23.8 Å². The number of hydrogen-bond donors (Lipinski definition) is 0. The quantitative estimate of drug-likeness (QED) is 0.632. The number of thiazole rings is 1. The van der Waals surface area contributed by atoms with Gasteiger partial charge in [0.05, 0.1) is 4.70 Å². The molecular formula is C18H15F3N2O3S2. The van der Waals surface area contributed by atoms with E-state index in [-0.39, 0.29) is 24.7 Å². The highest BCUT2D eigenvalue weighted by atomic mass is 32.2. The maximum atomic E-state index is 13.9. The summed E-state index contributed by atoms with van der Waals surface area (Å²) in [6.45, 7) is 0.111. The van der Waals surface area contributed by atoms with Gasteiger partial charge in [0.25, 0.3) is 5.19 Å². The number of para-hydroxylation sites is 1. The normalized spacial score (nSPS) is 16.5. The van der Waals surface area contributed by atoms with Crippen LogP contribution in [0.4, 0.5) is 13.2 Å². The summed E-state index contributed by atoms with van der Waals surface area (Å²) in [5, 5.41) is 0.307. The molecule has 1 saturated heterocycles. The van der Waals surface area contributed by atoms with E-state index in [4.69, 9.17) is 4.74 Å². The molecule has 148 valence electrons. The molecule has 2 aromatic carbocycles. The van der Waals surface area contributed by atoms with Crippen LogP contribution in [0.2, 0.25) is 0 Å². The van der Waals surface area contributed by atoms with E-state index in [1.807, 2.05) is 0 Å². The zero-order valence-corrected chi connectivity index (χ0v) is 16.1. The molecule has 1 aliphatic rings. The van der Waals surface area contributed by atoms with Crippen LogP contribution in [0.25, 0.3) is 10.2 Å². The Hall–Kier alpha value is -2.17. The molecular weight excluding hydrogens is 413 g/mol. The molecule has 28 heavy (non-hydrogen) atoms. The van der Waals surface area contributed by atoms with Crippen LogP contribution < -0.4 is 4.74 Å². The SMILES string of the molecule is O=S(=O)(c1c(F)cccc1F)N1CCC(Oc2nc3c(F)cccc3s2)CC1. The van der Waals surface area contributed by atoms with Gasteiger partial charge in [-0.15, -0.1) is 0 Å². The van der Waals surface area contributed by atoms with Crippen molar-refractivity contribution in [1.82, 2.24) is 9.29 Å². The molecule has 2 heterocycles. The van der Waals surface area contributed by atoms with Crippen molar-refractivity contribution >= 4 is 31.6 Å². The zero-order valence-electron chi connectivity index (χ0n) is 14.4. The number of halogens is 3. The maximum absolute atomic E-state index is 13.9. The Bertz CT molecular complexity index is 1110. The third-order valence-electron chi connectivity index (χ3n) is 4.54. The monoisotopic (exact) mass is 428 g/mol. The molecule has 1 fully saturated rings. The third kappa shape index (κ3) is 3.47. The minimum Gasteiger partial charge on any atom is -0.467 e. The van der Waals surface area contributed by atoms with Crippen molar-refractivity contribution in [2.24, 2.45) is 0 Å². The van der Waals surface area contributed by atoms with Gasteiger partial charge < -0.3 is 4.74 Å². The largest absolute Gasteiger partial charge is 0.467 e. The molecule has 0 amide bonds. The lowest BCUT2D eigenvalue weighted by Crippen LogP contribution is -2.42. The fourth-order valence-electron chi connectivity index (χ4n) is 3.14. The van der Waals surface area contributed by atoms with Gasteiger partial charge in [-0.1, -0.05) is 23.5 Å². The van der Waals surface area contributed by atoms with Crippen LogP contribution in [0, 0.1) is 17.5 Å². The number of nitrogens with zero attached hydrogens (tertiary/aromatic N) is 2. The van der Waals surface area contributed by atoms with E-state index in [2.05, 4.69) is 4.98 Å². The van der Waals surface area contributed by atoms with Gasteiger partial charge in [0.2, 0.25) is 10.0 Å². The molecule has 1 aromatic heterocycles. The predicted octanol–water partition coefficient (Wildman–Crippen LogP) is 3.95. The standard InChI is InChI=1S/C18H15F3N2O3S2/c19-12-3-2-6-15-16(12)22-18(27-15)26-11-7-9-23(10-8-11)28(24,25)17-13(20)4-1-5-14(17)21/h1-6,11H,7-10H2. The first kappa shape index (κ1) is 19.2. The van der Waals surface area contributed by atoms with Gasteiger partial charge in [0.1, 0.15) is 29.1 Å². The fourth-order valence-corrected chi connectivity index (χ4v) is 5.61. The van der Waals surface area contributed by atoms with Crippen LogP contribution in [-0.2, 0) is 10.0 Å². The molecule has 3 aromatic rings. The Balaban J connectivity index is 1.46. The van der Waals surface area contributed by atoms with Gasteiger partial charge in [-0.3, -0.25) is 0 Å². The molecule has 0 radical (unpaired) electrons. The van der Waals surface area contributed by atoms with Crippen LogP contribution in [0.3, 0.4) is 0 Å². The van der Waals surface area contributed by atoms with Gasteiger partial charge >= 0.3 is 0 Å². The van der Waals surface area contributed by atoms with Gasteiger partial charge in [-0.25, -0.2) is 21.6 Å². The Morgan fingerprint density at radius 3 is 2.25 bits per heavy atom. The second-order valence-corrected chi connectivity index (χ2v) is 9.21. The number of piperidine rings is 1. The Morgan fingerprint density at radius 2 is 1.61 bits per heavy atom. The Labute approximate surface area is 163 Å². The van der Waals surface area contributed by atoms with Crippen molar-refractivity contribution in [3.63, 3.8) is 0 Å². The first-order chi connectivity index (χ1) is 13.4. The van der Waals surface area contributed by atoms with Crippen molar-refractivity contribution in [3.05, 3.63) is 53.8 Å². The Morgan fingerprint density at radius 1 is 1.00 bits per heavy atom. The van der Waals surface area contributed by atoms with Gasteiger partial charge in [-0.2, -0.15) is 9.29 Å². The molecule has 0 atom stereocenters. The first-order valence-corrected chi connectivity index (χ1v) is 10.8. The summed E-state index contributed by atoms with van der Waals surface area (Å²) >= 11 is 1.21. The number of aromatic nitrogens is 1. The minimum absolute atomic E-state index is 0.0556. The highest BCUT2D eigenvalue weighted by Crippen LogP contribution is 2.32. The average Bonchev–Trinajstić information content (AvgIpc) is 3.06. The van der Waals surface area contributed by atoms with Crippen LogP contribution in [-0.4, -0.2) is 36.9 Å². The predicted molar refractivity (Wildman–Crippen MR) is 98.3 cm³/mol. The fraction of sp³-hybridized carbons (Fsp3) is 0.278. The minimum atomic E-state index is -4.28. The number of benzene rings is 2. The van der Waals surface area contributed by atoms with E-state index in [9.17, 15) is 21.6 Å². The van der Waals surface area contributed by atoms with Gasteiger partial charge in [-0.05, 0) is 37.1 Å². The highest BCUT2D eigenvalue weighted by Gasteiger charge is 2.34. The lowest BCUT2D eigenvalue weighted by atomic mass is 10.1. The van der Waals surface area contributed by atoms with E-state index in [1.165, 1.54) is 17.4 Å². The Kier molecular flexibility index (Phi) is 5.02. The summed E-state index contributed by atoms with van der Waals surface area (Å²) in [5.41, 5.74) is 0.234. The first-order valence-electron chi connectivity index (χ1n) is 8.52. The van der Waals surface area contributed by atoms with Crippen molar-refractivity contribution < 1.29 is 26.3 Å². The van der Waals surface area contributed by atoms with Crippen LogP contribution >= 0.6 is 11.3 Å². The van der Waals surface area contributed by atoms with Crippen molar-refractivity contribution in [1.29, 1.82) is 0 Å². The summed E-state index contributed by atoms with van der Waals surface area (Å²) < 4.78 is 74.2. The lowest BCUT2D eigenvalue weighted by molar-refractivity contribution is 0.134. The number of fused-ring (bicyclic) bond motifs is 1. The van der Waals surface area contributed by atoms with E-state index >= 15 is 0 Å². The van der Waals surface area contributed by atoms with Crippen molar-refractivity contribution in [3.8, 4) is 5.19 Å². The van der Waals surface area contributed by atoms with E-state index in [1.54, 1.807) is 12.1 Å². The maximum Gasteiger partial charge on any atom is 0.274 e. The molecule has 0 unspecified atom stereocenters. The summed E-state index contributed by atoms with van der Waals surface area (Å²) in [4.78, 5) is 3.20. The van der Waals surface area contributed by atoms with Crippen LogP contribution in [0.15, 0.2) is 41.3 Å². The zero-order chi connectivity index (χ0) is 19.9.